The van der Waals surface area contributed by atoms with Gasteiger partial charge in [0.15, 0.2) is 0 Å². The third kappa shape index (κ3) is 5.37. The van der Waals surface area contributed by atoms with Crippen molar-refractivity contribution >= 4 is 22.1 Å². The maximum absolute atomic E-state index is 11.6. The molecule has 2 heterocycles. The highest BCUT2D eigenvalue weighted by molar-refractivity contribution is 5.74. The summed E-state index contributed by atoms with van der Waals surface area (Å²) < 4.78 is 0. The highest BCUT2D eigenvalue weighted by Gasteiger charge is 2.32. The molecule has 0 saturated heterocycles. The summed E-state index contributed by atoms with van der Waals surface area (Å²) in [7, 11) is 0. The number of aromatic amines is 1. The van der Waals surface area contributed by atoms with Crippen molar-refractivity contribution in [3.8, 4) is 11.4 Å². The molecule has 2 aromatic heterocycles. The van der Waals surface area contributed by atoms with Gasteiger partial charge >= 0.3 is 0 Å². The lowest BCUT2D eigenvalue weighted by Crippen LogP contribution is -2.24. The molecule has 7 nitrogen and oxygen atoms in total. The number of phenols is 1. The minimum Gasteiger partial charge on any atom is -0.505 e. The average Bonchev–Trinajstić information content (AvgIpc) is 3.69. The molecule has 0 atom stereocenters. The number of para-hydroxylation sites is 2. The van der Waals surface area contributed by atoms with Gasteiger partial charge < -0.3 is 5.11 Å². The van der Waals surface area contributed by atoms with Crippen molar-refractivity contribution < 1.29 is 5.11 Å². The third-order valence-corrected chi connectivity index (χ3v) is 8.20. The molecule has 0 fully saturated rings. The fourth-order valence-electron chi connectivity index (χ4n) is 5.39. The molecule has 0 bridgehead atoms. The van der Waals surface area contributed by atoms with E-state index >= 15 is 0 Å². The van der Waals surface area contributed by atoms with Gasteiger partial charge in [-0.05, 0) is 47.0 Å². The Morgan fingerprint density at radius 3 is 1.49 bits per heavy atom. The van der Waals surface area contributed by atoms with Crippen molar-refractivity contribution in [2.75, 3.05) is 0 Å². The SMILES string of the molecule is CC(C)(c1ccccc1)c1cc(-n2nc3ccccc3n2)c(O)c(C(C)(C)c2ccccc2)c1.c1ccc2n[nH]nc2c1. The van der Waals surface area contributed by atoms with E-state index < -0.39 is 5.41 Å². The maximum Gasteiger partial charge on any atom is 0.147 e. The lowest BCUT2D eigenvalue weighted by Gasteiger charge is -2.32. The Labute approximate surface area is 250 Å². The quantitative estimate of drug-likeness (QED) is 0.222. The second-order valence-electron chi connectivity index (χ2n) is 11.7. The van der Waals surface area contributed by atoms with E-state index in [0.29, 0.717) is 5.69 Å². The van der Waals surface area contributed by atoms with E-state index in [9.17, 15) is 5.11 Å². The highest BCUT2D eigenvalue weighted by atomic mass is 16.3. The number of hydrogen-bond acceptors (Lipinski definition) is 5. The molecule has 0 aliphatic carbocycles. The Balaban J connectivity index is 0.000000310. The number of nitrogens with one attached hydrogen (secondary N) is 1. The molecule has 0 amide bonds. The number of nitrogens with zero attached hydrogens (tertiary/aromatic N) is 5. The van der Waals surface area contributed by atoms with Crippen molar-refractivity contribution in [3.05, 3.63) is 144 Å². The van der Waals surface area contributed by atoms with Crippen molar-refractivity contribution in [2.45, 2.75) is 38.5 Å². The van der Waals surface area contributed by atoms with Gasteiger partial charge in [0.2, 0.25) is 0 Å². The van der Waals surface area contributed by atoms with Crippen LogP contribution in [-0.4, -0.2) is 35.5 Å². The molecule has 5 aromatic carbocycles. The summed E-state index contributed by atoms with van der Waals surface area (Å²) in [6.45, 7) is 8.72. The molecule has 0 spiro atoms. The van der Waals surface area contributed by atoms with Gasteiger partial charge in [0.1, 0.15) is 33.5 Å². The van der Waals surface area contributed by atoms with Crippen molar-refractivity contribution in [1.29, 1.82) is 0 Å². The number of rotatable bonds is 5. The van der Waals surface area contributed by atoms with E-state index in [1.807, 2.05) is 78.9 Å². The van der Waals surface area contributed by atoms with Crippen LogP contribution in [0.15, 0.2) is 121 Å². The summed E-state index contributed by atoms with van der Waals surface area (Å²) in [5.41, 5.74) is 7.53. The summed E-state index contributed by atoms with van der Waals surface area (Å²) in [4.78, 5) is 1.56. The zero-order valence-electron chi connectivity index (χ0n) is 24.7. The van der Waals surface area contributed by atoms with Crippen molar-refractivity contribution in [1.82, 2.24) is 30.4 Å². The Morgan fingerprint density at radius 1 is 0.535 bits per heavy atom. The van der Waals surface area contributed by atoms with Gasteiger partial charge in [-0.1, -0.05) is 119 Å². The number of H-pyrrole nitrogens is 1. The number of fused-ring (bicyclic) bond motifs is 2. The summed E-state index contributed by atoms with van der Waals surface area (Å²) in [5, 5.41) is 31.3. The molecule has 0 aliphatic heterocycles. The van der Waals surface area contributed by atoms with E-state index in [1.165, 1.54) is 5.56 Å². The molecule has 43 heavy (non-hydrogen) atoms. The largest absolute Gasteiger partial charge is 0.505 e. The maximum atomic E-state index is 11.6. The number of benzene rings is 5. The number of aromatic nitrogens is 6. The van der Waals surface area contributed by atoms with Gasteiger partial charge in [-0.15, -0.1) is 15.0 Å². The predicted octanol–water partition coefficient (Wildman–Crippen LogP) is 7.74. The first-order valence-corrected chi connectivity index (χ1v) is 14.3. The fraction of sp³-hybridized carbons (Fsp3) is 0.167. The second-order valence-corrected chi connectivity index (χ2v) is 11.7. The van der Waals surface area contributed by atoms with E-state index in [0.717, 1.165) is 38.8 Å². The van der Waals surface area contributed by atoms with Gasteiger partial charge in [0.25, 0.3) is 0 Å². The third-order valence-electron chi connectivity index (χ3n) is 8.20. The van der Waals surface area contributed by atoms with Crippen LogP contribution in [0.25, 0.3) is 27.8 Å². The molecule has 7 rings (SSSR count). The summed E-state index contributed by atoms with van der Waals surface area (Å²) in [5.74, 6) is 0.196. The normalized spacial score (nSPS) is 11.8. The number of hydrogen-bond donors (Lipinski definition) is 2. The first kappa shape index (κ1) is 27.8. The molecule has 0 radical (unpaired) electrons. The van der Waals surface area contributed by atoms with Crippen LogP contribution in [0.1, 0.15) is 49.9 Å². The molecule has 2 N–H and O–H groups in total. The van der Waals surface area contributed by atoms with Gasteiger partial charge in [0, 0.05) is 16.4 Å². The van der Waals surface area contributed by atoms with Gasteiger partial charge in [-0.2, -0.15) is 15.4 Å². The Hall–Kier alpha value is -5.30. The predicted molar refractivity (Wildman–Crippen MR) is 172 cm³/mol. The number of phenolic OH excluding ortho intramolecular Hbond substituents is 1. The standard InChI is InChI=1S/C30H29N3O.C6H5N3/c1-29(2,21-13-7-5-8-14-21)23-19-24(30(3,4)22-15-9-6-10-16-22)28(34)27(20-23)33-31-25-17-11-12-18-26(25)32-33;1-2-4-6-5(3-1)7-9-8-6/h5-20,34H,1-4H3;1-4H,(H,7,8,9). The molecule has 7 heteroatoms. The summed E-state index contributed by atoms with van der Waals surface area (Å²) in [6.07, 6.45) is 0. The van der Waals surface area contributed by atoms with E-state index in [2.05, 4.69) is 95.8 Å². The van der Waals surface area contributed by atoms with Crippen LogP contribution in [0.2, 0.25) is 0 Å². The molecule has 7 aromatic rings. The molecule has 214 valence electrons. The lowest BCUT2D eigenvalue weighted by molar-refractivity contribution is 0.445. The van der Waals surface area contributed by atoms with Crippen LogP contribution >= 0.6 is 0 Å². The van der Waals surface area contributed by atoms with Gasteiger partial charge in [-0.25, -0.2) is 0 Å². The minimum atomic E-state index is -0.435. The fourth-order valence-corrected chi connectivity index (χ4v) is 5.39. The van der Waals surface area contributed by atoms with Crippen molar-refractivity contribution in [3.63, 3.8) is 0 Å². The minimum absolute atomic E-state index is 0.196. The molecular weight excluding hydrogens is 532 g/mol. The number of aromatic hydroxyl groups is 1. The average molecular weight is 567 g/mol. The molecule has 0 unspecified atom stereocenters. The van der Waals surface area contributed by atoms with Crippen molar-refractivity contribution in [2.24, 2.45) is 0 Å². The van der Waals surface area contributed by atoms with E-state index in [1.54, 1.807) is 4.80 Å². The first-order chi connectivity index (χ1) is 20.7. The van der Waals surface area contributed by atoms with Crippen LogP contribution in [0, 0.1) is 0 Å². The van der Waals surface area contributed by atoms with Crippen LogP contribution < -0.4 is 0 Å². The Bertz CT molecular complexity index is 1930. The van der Waals surface area contributed by atoms with Gasteiger partial charge in [0.05, 0.1) is 0 Å². The van der Waals surface area contributed by atoms with E-state index in [4.69, 9.17) is 0 Å². The molecular formula is C36H34N6O. The first-order valence-electron chi connectivity index (χ1n) is 14.3. The van der Waals surface area contributed by atoms with Gasteiger partial charge in [-0.3, -0.25) is 0 Å². The topological polar surface area (TPSA) is 92.5 Å². The summed E-state index contributed by atoms with van der Waals surface area (Å²) >= 11 is 0. The van der Waals surface area contributed by atoms with Crippen LogP contribution in [0.3, 0.4) is 0 Å². The van der Waals surface area contributed by atoms with Crippen LogP contribution in [0.5, 0.6) is 5.75 Å². The zero-order chi connectivity index (χ0) is 30.0. The van der Waals surface area contributed by atoms with Crippen LogP contribution in [0.4, 0.5) is 0 Å². The molecule has 0 saturated carbocycles. The van der Waals surface area contributed by atoms with Crippen LogP contribution in [-0.2, 0) is 10.8 Å². The zero-order valence-corrected chi connectivity index (χ0v) is 24.7. The molecule has 0 aliphatic rings. The Morgan fingerprint density at radius 2 is 0.977 bits per heavy atom. The Kier molecular flexibility index (Phi) is 7.24. The van der Waals surface area contributed by atoms with E-state index in [-0.39, 0.29) is 11.2 Å². The smallest absolute Gasteiger partial charge is 0.147 e. The lowest BCUT2D eigenvalue weighted by atomic mass is 9.72. The highest BCUT2D eigenvalue weighted by Crippen LogP contribution is 2.43. The monoisotopic (exact) mass is 566 g/mol. The summed E-state index contributed by atoms with van der Waals surface area (Å²) in [6, 6.07) is 40.4. The second kappa shape index (κ2) is 11.2.